The number of nitrogens with zero attached hydrogens (tertiary/aromatic N) is 1. The summed E-state index contributed by atoms with van der Waals surface area (Å²) in [4.78, 5) is 26.4. The number of fused-ring (bicyclic) bond motifs is 1. The molecular formula is C19H23NO5. The van der Waals surface area contributed by atoms with E-state index in [2.05, 4.69) is 0 Å². The topological polar surface area (TPSA) is 80.0 Å². The Balaban J connectivity index is 1.92. The number of ether oxygens (including phenoxy) is 1. The molecule has 6 nitrogen and oxygen atoms in total. The van der Waals surface area contributed by atoms with Gasteiger partial charge >= 0.3 is 0 Å². The molecule has 0 unspecified atom stereocenters. The van der Waals surface area contributed by atoms with Crippen LogP contribution in [0.15, 0.2) is 21.3 Å². The molecule has 1 N–H and O–H groups in total. The number of aromatic hydroxyl groups is 1. The number of likely N-dealkylation sites (tertiary alicyclic amines) is 1. The van der Waals surface area contributed by atoms with E-state index in [4.69, 9.17) is 9.15 Å². The van der Waals surface area contributed by atoms with Crippen LogP contribution in [0, 0.1) is 13.8 Å². The van der Waals surface area contributed by atoms with Gasteiger partial charge in [-0.15, -0.1) is 0 Å². The highest BCUT2D eigenvalue weighted by Crippen LogP contribution is 2.33. The molecule has 1 saturated heterocycles. The molecule has 0 radical (unpaired) electrons. The molecular weight excluding hydrogens is 322 g/mol. The summed E-state index contributed by atoms with van der Waals surface area (Å²) in [5, 5.41) is 10.4. The fourth-order valence-corrected chi connectivity index (χ4v) is 3.49. The quantitative estimate of drug-likeness (QED) is 0.924. The SMILES string of the molecule is COCC(=O)N1CCC(c2oc3c(C)c(O)ccc3c(=O)c2C)CC1. The number of rotatable bonds is 3. The summed E-state index contributed by atoms with van der Waals surface area (Å²) in [5.74, 6) is 0.860. The minimum absolute atomic E-state index is 0.0154. The third-order valence-electron chi connectivity index (χ3n) is 5.03. The van der Waals surface area contributed by atoms with Crippen LogP contribution < -0.4 is 5.43 Å². The van der Waals surface area contributed by atoms with Gasteiger partial charge in [0.2, 0.25) is 5.91 Å². The van der Waals surface area contributed by atoms with Crippen molar-refractivity contribution in [2.75, 3.05) is 26.8 Å². The van der Waals surface area contributed by atoms with E-state index in [0.717, 1.165) is 12.8 Å². The maximum Gasteiger partial charge on any atom is 0.248 e. The first-order valence-corrected chi connectivity index (χ1v) is 8.46. The number of hydrogen-bond acceptors (Lipinski definition) is 5. The van der Waals surface area contributed by atoms with Gasteiger partial charge in [-0.05, 0) is 38.8 Å². The molecule has 1 aromatic heterocycles. The van der Waals surface area contributed by atoms with E-state index in [1.807, 2.05) is 0 Å². The predicted molar refractivity (Wildman–Crippen MR) is 94.1 cm³/mol. The summed E-state index contributed by atoms with van der Waals surface area (Å²) in [6, 6.07) is 3.12. The Morgan fingerprint density at radius 3 is 2.60 bits per heavy atom. The van der Waals surface area contributed by atoms with Crippen molar-refractivity contribution in [2.24, 2.45) is 0 Å². The van der Waals surface area contributed by atoms with Crippen molar-refractivity contribution < 1.29 is 19.1 Å². The number of phenolic OH excluding ortho intramolecular Hbond substituents is 1. The Labute approximate surface area is 146 Å². The number of aryl methyl sites for hydroxylation is 1. The molecule has 0 aliphatic carbocycles. The number of methoxy groups -OCH3 is 1. The van der Waals surface area contributed by atoms with Crippen LogP contribution in [0.1, 0.15) is 35.6 Å². The third-order valence-corrected chi connectivity index (χ3v) is 5.03. The minimum atomic E-state index is -0.0581. The van der Waals surface area contributed by atoms with Crippen molar-refractivity contribution in [3.63, 3.8) is 0 Å². The number of amides is 1. The zero-order valence-corrected chi connectivity index (χ0v) is 14.8. The molecule has 2 heterocycles. The van der Waals surface area contributed by atoms with E-state index in [-0.39, 0.29) is 29.6 Å². The molecule has 1 aromatic carbocycles. The number of phenols is 1. The highest BCUT2D eigenvalue weighted by Gasteiger charge is 2.27. The van der Waals surface area contributed by atoms with Gasteiger partial charge in [0.1, 0.15) is 23.7 Å². The molecule has 1 aliphatic heterocycles. The van der Waals surface area contributed by atoms with Gasteiger partial charge in [0.25, 0.3) is 0 Å². The Kier molecular flexibility index (Phi) is 4.81. The normalized spacial score (nSPS) is 15.7. The molecule has 3 rings (SSSR count). The van der Waals surface area contributed by atoms with E-state index in [1.54, 1.807) is 24.8 Å². The molecule has 1 fully saturated rings. The highest BCUT2D eigenvalue weighted by atomic mass is 16.5. The molecule has 0 saturated carbocycles. The van der Waals surface area contributed by atoms with Crippen LogP contribution in [0.3, 0.4) is 0 Å². The van der Waals surface area contributed by atoms with Crippen molar-refractivity contribution in [2.45, 2.75) is 32.6 Å². The van der Waals surface area contributed by atoms with Crippen LogP contribution in [0.5, 0.6) is 5.75 Å². The Morgan fingerprint density at radius 1 is 1.28 bits per heavy atom. The van der Waals surface area contributed by atoms with Crippen molar-refractivity contribution in [3.8, 4) is 5.75 Å². The number of carbonyl (C=O) groups is 1. The second-order valence-corrected chi connectivity index (χ2v) is 6.59. The molecule has 6 heteroatoms. The molecule has 0 bridgehead atoms. The number of carbonyl (C=O) groups excluding carboxylic acids is 1. The summed E-state index contributed by atoms with van der Waals surface area (Å²) in [5.41, 5.74) is 1.57. The Morgan fingerprint density at radius 2 is 1.96 bits per heavy atom. The zero-order chi connectivity index (χ0) is 18.1. The lowest BCUT2D eigenvalue weighted by atomic mass is 9.91. The zero-order valence-electron chi connectivity index (χ0n) is 14.8. The van der Waals surface area contributed by atoms with Crippen LogP contribution in [0.2, 0.25) is 0 Å². The number of benzene rings is 1. The largest absolute Gasteiger partial charge is 0.508 e. The van der Waals surface area contributed by atoms with Gasteiger partial charge in [0.15, 0.2) is 5.43 Å². The lowest BCUT2D eigenvalue weighted by Crippen LogP contribution is -2.40. The first-order valence-electron chi connectivity index (χ1n) is 8.46. The molecule has 0 atom stereocenters. The molecule has 25 heavy (non-hydrogen) atoms. The van der Waals surface area contributed by atoms with Gasteiger partial charge in [-0.1, -0.05) is 0 Å². The molecule has 2 aromatic rings. The van der Waals surface area contributed by atoms with Crippen molar-refractivity contribution in [3.05, 3.63) is 39.2 Å². The first kappa shape index (κ1) is 17.5. The van der Waals surface area contributed by atoms with Gasteiger partial charge in [-0.25, -0.2) is 0 Å². The monoisotopic (exact) mass is 345 g/mol. The van der Waals surface area contributed by atoms with Crippen molar-refractivity contribution in [1.29, 1.82) is 0 Å². The number of piperidine rings is 1. The molecule has 1 amide bonds. The Hall–Kier alpha value is -2.34. The first-order chi connectivity index (χ1) is 11.9. The fraction of sp³-hybridized carbons (Fsp3) is 0.474. The van der Waals surface area contributed by atoms with Crippen LogP contribution in [0.4, 0.5) is 0 Å². The van der Waals surface area contributed by atoms with Gasteiger partial charge in [-0.3, -0.25) is 9.59 Å². The van der Waals surface area contributed by atoms with Crippen molar-refractivity contribution in [1.82, 2.24) is 4.90 Å². The van der Waals surface area contributed by atoms with Crippen molar-refractivity contribution >= 4 is 16.9 Å². The van der Waals surface area contributed by atoms with Gasteiger partial charge < -0.3 is 19.2 Å². The summed E-state index contributed by atoms with van der Waals surface area (Å²) in [7, 11) is 1.51. The summed E-state index contributed by atoms with van der Waals surface area (Å²) in [6.45, 7) is 4.85. The van der Waals surface area contributed by atoms with Crippen LogP contribution >= 0.6 is 0 Å². The lowest BCUT2D eigenvalue weighted by Gasteiger charge is -2.32. The smallest absolute Gasteiger partial charge is 0.248 e. The van der Waals surface area contributed by atoms with E-state index in [9.17, 15) is 14.7 Å². The average Bonchev–Trinajstić information content (AvgIpc) is 2.61. The van der Waals surface area contributed by atoms with E-state index >= 15 is 0 Å². The molecule has 134 valence electrons. The van der Waals surface area contributed by atoms with E-state index in [1.165, 1.54) is 13.2 Å². The van der Waals surface area contributed by atoms with Crippen LogP contribution in [-0.2, 0) is 9.53 Å². The minimum Gasteiger partial charge on any atom is -0.508 e. The van der Waals surface area contributed by atoms with E-state index in [0.29, 0.717) is 40.9 Å². The predicted octanol–water partition coefficient (Wildman–Crippen LogP) is 2.47. The maximum absolute atomic E-state index is 12.7. The number of hydrogen-bond donors (Lipinski definition) is 1. The summed E-state index contributed by atoms with van der Waals surface area (Å²) >= 11 is 0. The maximum atomic E-state index is 12.7. The van der Waals surface area contributed by atoms with Gasteiger partial charge in [0.05, 0.1) is 5.39 Å². The average molecular weight is 345 g/mol. The second-order valence-electron chi connectivity index (χ2n) is 6.59. The lowest BCUT2D eigenvalue weighted by molar-refractivity contribution is -0.136. The third kappa shape index (κ3) is 3.14. The summed E-state index contributed by atoms with van der Waals surface area (Å²) < 4.78 is 11.0. The van der Waals surface area contributed by atoms with Gasteiger partial charge in [0, 0.05) is 37.2 Å². The fourth-order valence-electron chi connectivity index (χ4n) is 3.49. The molecule has 1 aliphatic rings. The molecule has 0 spiro atoms. The van der Waals surface area contributed by atoms with Gasteiger partial charge in [-0.2, -0.15) is 0 Å². The van der Waals surface area contributed by atoms with E-state index < -0.39 is 0 Å². The second kappa shape index (κ2) is 6.88. The van der Waals surface area contributed by atoms with Crippen LogP contribution in [-0.4, -0.2) is 42.7 Å². The summed E-state index contributed by atoms with van der Waals surface area (Å²) in [6.07, 6.45) is 1.48. The Bertz CT molecular complexity index is 862. The van der Waals surface area contributed by atoms with Crippen LogP contribution in [0.25, 0.3) is 11.0 Å². The standard InChI is InChI=1S/C19H23NO5/c1-11-15(21)5-4-14-17(23)12(2)18(25-19(11)14)13-6-8-20(9-7-13)16(22)10-24-3/h4-5,13,21H,6-10H2,1-3H3. The highest BCUT2D eigenvalue weighted by molar-refractivity contribution is 5.82.